The zero-order chi connectivity index (χ0) is 14.7. The van der Waals surface area contributed by atoms with Crippen LogP contribution in [-0.2, 0) is 9.59 Å². The maximum absolute atomic E-state index is 12.0. The molecule has 0 heterocycles. The second kappa shape index (κ2) is 6.63. The van der Waals surface area contributed by atoms with Gasteiger partial charge >= 0.3 is 5.97 Å². The standard InChI is InChI=1S/C14H16BrNO3S/c1-8(20-12-4-2-10(15)3-5-12)13(17)16-11-6-9(7-11)14(18)19/h2-5,8-9,11H,6-7H2,1H3,(H,16,17)(H,18,19). The van der Waals surface area contributed by atoms with E-state index in [1.54, 1.807) is 0 Å². The van der Waals surface area contributed by atoms with E-state index in [2.05, 4.69) is 21.2 Å². The smallest absolute Gasteiger partial charge is 0.306 e. The highest BCUT2D eigenvalue weighted by Gasteiger charge is 2.35. The highest BCUT2D eigenvalue weighted by molar-refractivity contribution is 9.10. The summed E-state index contributed by atoms with van der Waals surface area (Å²) in [6, 6.07) is 7.81. The highest BCUT2D eigenvalue weighted by Crippen LogP contribution is 2.29. The number of amides is 1. The molecule has 0 saturated heterocycles. The van der Waals surface area contributed by atoms with E-state index in [1.807, 2.05) is 31.2 Å². The molecule has 2 N–H and O–H groups in total. The minimum Gasteiger partial charge on any atom is -0.481 e. The zero-order valence-corrected chi connectivity index (χ0v) is 13.4. The molecule has 1 aliphatic rings. The number of hydrogen-bond donors (Lipinski definition) is 2. The lowest BCUT2D eigenvalue weighted by molar-refractivity contribution is -0.146. The summed E-state index contributed by atoms with van der Waals surface area (Å²) in [6.07, 6.45) is 1.08. The predicted molar refractivity (Wildman–Crippen MR) is 81.8 cm³/mol. The van der Waals surface area contributed by atoms with Gasteiger partial charge in [0.2, 0.25) is 5.91 Å². The van der Waals surface area contributed by atoms with Gasteiger partial charge in [-0.3, -0.25) is 9.59 Å². The Labute approximate surface area is 130 Å². The Balaban J connectivity index is 1.78. The van der Waals surface area contributed by atoms with Crippen molar-refractivity contribution in [3.63, 3.8) is 0 Å². The number of halogens is 1. The second-order valence-electron chi connectivity index (χ2n) is 4.93. The number of carboxylic acids is 1. The molecule has 1 aromatic carbocycles. The fourth-order valence-corrected chi connectivity index (χ4v) is 3.17. The second-order valence-corrected chi connectivity index (χ2v) is 7.26. The van der Waals surface area contributed by atoms with E-state index in [0.717, 1.165) is 9.37 Å². The molecular formula is C14H16BrNO3S. The minimum atomic E-state index is -0.771. The van der Waals surface area contributed by atoms with Gasteiger partial charge in [-0.15, -0.1) is 11.8 Å². The van der Waals surface area contributed by atoms with Gasteiger partial charge in [-0.05, 0) is 44.0 Å². The fraction of sp³-hybridized carbons (Fsp3) is 0.429. The van der Waals surface area contributed by atoms with Crippen molar-refractivity contribution in [2.75, 3.05) is 0 Å². The van der Waals surface area contributed by atoms with Crippen LogP contribution in [0.1, 0.15) is 19.8 Å². The fourth-order valence-electron chi connectivity index (χ4n) is 2.03. The van der Waals surface area contributed by atoms with Crippen molar-refractivity contribution in [2.45, 2.75) is 36.0 Å². The molecule has 1 unspecified atom stereocenters. The van der Waals surface area contributed by atoms with Gasteiger partial charge in [0.25, 0.3) is 0 Å². The summed E-state index contributed by atoms with van der Waals surface area (Å²) >= 11 is 4.87. The van der Waals surface area contributed by atoms with Crippen molar-refractivity contribution >= 4 is 39.6 Å². The maximum Gasteiger partial charge on any atom is 0.306 e. The molecule has 1 amide bonds. The number of benzene rings is 1. The van der Waals surface area contributed by atoms with Crippen LogP contribution in [-0.4, -0.2) is 28.3 Å². The SMILES string of the molecule is CC(Sc1ccc(Br)cc1)C(=O)NC1CC(C(=O)O)C1. The third kappa shape index (κ3) is 3.99. The lowest BCUT2D eigenvalue weighted by atomic mass is 9.80. The van der Waals surface area contributed by atoms with Crippen LogP contribution in [0.3, 0.4) is 0 Å². The van der Waals surface area contributed by atoms with Crippen LogP contribution in [0, 0.1) is 5.92 Å². The summed E-state index contributed by atoms with van der Waals surface area (Å²) in [4.78, 5) is 23.7. The van der Waals surface area contributed by atoms with Crippen LogP contribution >= 0.6 is 27.7 Å². The molecule has 6 heteroatoms. The lowest BCUT2D eigenvalue weighted by Gasteiger charge is -2.33. The van der Waals surface area contributed by atoms with Crippen LogP contribution in [0.4, 0.5) is 0 Å². The third-order valence-corrected chi connectivity index (χ3v) is 4.97. The summed E-state index contributed by atoms with van der Waals surface area (Å²) < 4.78 is 1.01. The normalized spacial score (nSPS) is 22.7. The van der Waals surface area contributed by atoms with Crippen molar-refractivity contribution in [3.05, 3.63) is 28.7 Å². The minimum absolute atomic E-state index is 0.0107. The average Bonchev–Trinajstić information content (AvgIpc) is 2.35. The summed E-state index contributed by atoms with van der Waals surface area (Å²) in [5.74, 6) is -1.10. The Morgan fingerprint density at radius 2 is 1.95 bits per heavy atom. The van der Waals surface area contributed by atoms with Gasteiger partial charge in [-0.25, -0.2) is 0 Å². The van der Waals surface area contributed by atoms with E-state index in [9.17, 15) is 9.59 Å². The van der Waals surface area contributed by atoms with E-state index < -0.39 is 5.97 Å². The van der Waals surface area contributed by atoms with Crippen LogP contribution in [0.5, 0.6) is 0 Å². The molecule has 0 bridgehead atoms. The Hall–Kier alpha value is -1.01. The molecule has 1 aromatic rings. The number of hydrogen-bond acceptors (Lipinski definition) is 3. The molecule has 1 atom stereocenters. The van der Waals surface area contributed by atoms with Gasteiger partial charge in [0.1, 0.15) is 0 Å². The Kier molecular flexibility index (Phi) is 5.10. The quantitative estimate of drug-likeness (QED) is 0.795. The number of nitrogens with one attached hydrogen (secondary N) is 1. The topological polar surface area (TPSA) is 66.4 Å². The number of aliphatic carboxylic acids is 1. The molecular weight excluding hydrogens is 342 g/mol. The van der Waals surface area contributed by atoms with Crippen LogP contribution in [0.15, 0.2) is 33.6 Å². The first-order valence-corrected chi connectivity index (χ1v) is 8.08. The molecule has 0 spiro atoms. The van der Waals surface area contributed by atoms with E-state index in [4.69, 9.17) is 5.11 Å². The molecule has 1 saturated carbocycles. The molecule has 0 aliphatic heterocycles. The van der Waals surface area contributed by atoms with Crippen molar-refractivity contribution in [1.29, 1.82) is 0 Å². The first kappa shape index (κ1) is 15.4. The molecule has 20 heavy (non-hydrogen) atoms. The molecule has 1 fully saturated rings. The Morgan fingerprint density at radius 3 is 2.50 bits per heavy atom. The Morgan fingerprint density at radius 1 is 1.35 bits per heavy atom. The number of thioether (sulfide) groups is 1. The van der Waals surface area contributed by atoms with Crippen molar-refractivity contribution in [2.24, 2.45) is 5.92 Å². The first-order chi connectivity index (χ1) is 9.45. The third-order valence-electron chi connectivity index (χ3n) is 3.33. The zero-order valence-electron chi connectivity index (χ0n) is 11.0. The number of carbonyl (C=O) groups excluding carboxylic acids is 1. The Bertz CT molecular complexity index is 500. The van der Waals surface area contributed by atoms with E-state index in [1.165, 1.54) is 11.8 Å². The van der Waals surface area contributed by atoms with Crippen molar-refractivity contribution in [1.82, 2.24) is 5.32 Å². The van der Waals surface area contributed by atoms with Gasteiger partial charge in [-0.2, -0.15) is 0 Å². The van der Waals surface area contributed by atoms with Crippen molar-refractivity contribution < 1.29 is 14.7 Å². The first-order valence-electron chi connectivity index (χ1n) is 6.41. The van der Waals surface area contributed by atoms with Crippen LogP contribution in [0.25, 0.3) is 0 Å². The summed E-state index contributed by atoms with van der Waals surface area (Å²) in [7, 11) is 0. The van der Waals surface area contributed by atoms with E-state index in [0.29, 0.717) is 12.8 Å². The van der Waals surface area contributed by atoms with Gasteiger partial charge < -0.3 is 10.4 Å². The lowest BCUT2D eigenvalue weighted by Crippen LogP contribution is -2.48. The monoisotopic (exact) mass is 357 g/mol. The van der Waals surface area contributed by atoms with Gasteiger partial charge in [0.05, 0.1) is 11.2 Å². The molecule has 0 radical (unpaired) electrons. The van der Waals surface area contributed by atoms with Gasteiger partial charge in [0, 0.05) is 15.4 Å². The predicted octanol–water partition coefficient (Wildman–Crippen LogP) is 2.91. The molecule has 108 valence electrons. The van der Waals surface area contributed by atoms with E-state index >= 15 is 0 Å². The highest BCUT2D eigenvalue weighted by atomic mass is 79.9. The average molecular weight is 358 g/mol. The number of rotatable bonds is 5. The molecule has 0 aromatic heterocycles. The summed E-state index contributed by atoms with van der Waals surface area (Å²) in [6.45, 7) is 1.86. The molecule has 2 rings (SSSR count). The van der Waals surface area contributed by atoms with Crippen LogP contribution < -0.4 is 5.32 Å². The number of carbonyl (C=O) groups is 2. The molecule has 1 aliphatic carbocycles. The largest absolute Gasteiger partial charge is 0.481 e. The van der Waals surface area contributed by atoms with E-state index in [-0.39, 0.29) is 23.1 Å². The molecule has 4 nitrogen and oxygen atoms in total. The van der Waals surface area contributed by atoms with Crippen molar-refractivity contribution in [3.8, 4) is 0 Å². The maximum atomic E-state index is 12.0. The van der Waals surface area contributed by atoms with Crippen LogP contribution in [0.2, 0.25) is 0 Å². The van der Waals surface area contributed by atoms with Gasteiger partial charge in [-0.1, -0.05) is 15.9 Å². The van der Waals surface area contributed by atoms with Gasteiger partial charge in [0.15, 0.2) is 0 Å². The number of carboxylic acid groups (broad SMARTS) is 1. The summed E-state index contributed by atoms with van der Waals surface area (Å²) in [5, 5.41) is 11.5. The summed E-state index contributed by atoms with van der Waals surface area (Å²) in [5.41, 5.74) is 0.